The fourth-order valence-electron chi connectivity index (χ4n) is 1.54. The van der Waals surface area contributed by atoms with Crippen LogP contribution >= 0.6 is 27.3 Å². The number of nitrogens with zero attached hydrogens (tertiary/aromatic N) is 2. The molecule has 0 fully saturated rings. The van der Waals surface area contributed by atoms with Crippen LogP contribution in [0.3, 0.4) is 0 Å². The average Bonchev–Trinajstić information content (AvgIpc) is 2.82. The minimum atomic E-state index is -0.437. The number of benzene rings is 1. The van der Waals surface area contributed by atoms with Crippen LogP contribution in [0.25, 0.3) is 0 Å². The number of hydrogen-bond acceptors (Lipinski definition) is 5. The van der Waals surface area contributed by atoms with Gasteiger partial charge in [-0.15, -0.1) is 11.3 Å². The largest absolute Gasteiger partial charge is 0.480 e. The van der Waals surface area contributed by atoms with Crippen molar-refractivity contribution in [3.05, 3.63) is 50.0 Å². The van der Waals surface area contributed by atoms with Crippen molar-refractivity contribution in [2.45, 2.75) is 18.9 Å². The number of aryl methyl sites for hydroxylation is 1. The van der Waals surface area contributed by atoms with Gasteiger partial charge in [-0.05, 0) is 18.6 Å². The summed E-state index contributed by atoms with van der Waals surface area (Å²) in [6, 6.07) is 4.92. The summed E-state index contributed by atoms with van der Waals surface area (Å²) in [5, 5.41) is 14.4. The van der Waals surface area contributed by atoms with Gasteiger partial charge in [0.05, 0.1) is 15.6 Å². The highest BCUT2D eigenvalue weighted by Gasteiger charge is 2.16. The highest BCUT2D eigenvalue weighted by atomic mass is 79.9. The number of thiazole rings is 1. The molecule has 0 spiro atoms. The molecule has 0 amide bonds. The quantitative estimate of drug-likeness (QED) is 0.470. The molecule has 19 heavy (non-hydrogen) atoms. The molecule has 0 aliphatic heterocycles. The third-order valence-corrected chi connectivity index (χ3v) is 3.89. The Morgan fingerprint density at radius 1 is 1.53 bits per heavy atom. The van der Waals surface area contributed by atoms with Crippen LogP contribution in [0.1, 0.15) is 16.3 Å². The monoisotopic (exact) mass is 342 g/mol. The predicted octanol–water partition coefficient (Wildman–Crippen LogP) is 3.83. The molecule has 1 aromatic heterocycles. The zero-order chi connectivity index (χ0) is 13.8. The van der Waals surface area contributed by atoms with Gasteiger partial charge < -0.3 is 4.74 Å². The van der Waals surface area contributed by atoms with E-state index >= 15 is 0 Å². The first-order valence-electron chi connectivity index (χ1n) is 5.47. The minimum absolute atomic E-state index is 0.0242. The summed E-state index contributed by atoms with van der Waals surface area (Å²) < 4.78 is 5.48. The van der Waals surface area contributed by atoms with Crippen molar-refractivity contribution in [2.24, 2.45) is 0 Å². The maximum absolute atomic E-state index is 11.0. The second-order valence-electron chi connectivity index (χ2n) is 3.84. The fraction of sp³-hybridized carbons (Fsp3) is 0.250. The van der Waals surface area contributed by atoms with Gasteiger partial charge in [0.25, 0.3) is 0 Å². The van der Waals surface area contributed by atoms with Crippen molar-refractivity contribution in [1.82, 2.24) is 4.98 Å². The Hall–Kier alpha value is -1.47. The van der Waals surface area contributed by atoms with E-state index in [1.54, 1.807) is 12.1 Å². The van der Waals surface area contributed by atoms with Gasteiger partial charge in [-0.1, -0.05) is 22.0 Å². The molecular formula is C12H11BrN2O3S. The van der Waals surface area contributed by atoms with E-state index in [9.17, 15) is 10.1 Å². The Morgan fingerprint density at radius 2 is 2.32 bits per heavy atom. The normalized spacial score (nSPS) is 10.4. The molecule has 2 rings (SSSR count). The Kier molecular flexibility index (Phi) is 4.49. The van der Waals surface area contributed by atoms with E-state index < -0.39 is 4.92 Å². The molecule has 0 N–H and O–H groups in total. The Balaban J connectivity index is 2.17. The van der Waals surface area contributed by atoms with E-state index in [-0.39, 0.29) is 18.0 Å². The lowest BCUT2D eigenvalue weighted by molar-refractivity contribution is -0.386. The van der Waals surface area contributed by atoms with E-state index in [1.807, 2.05) is 12.3 Å². The predicted molar refractivity (Wildman–Crippen MR) is 76.9 cm³/mol. The van der Waals surface area contributed by atoms with Crippen molar-refractivity contribution >= 4 is 33.0 Å². The van der Waals surface area contributed by atoms with Gasteiger partial charge in [-0.2, -0.15) is 0 Å². The van der Waals surface area contributed by atoms with Crippen LogP contribution in [0.4, 0.5) is 5.69 Å². The zero-order valence-corrected chi connectivity index (χ0v) is 12.5. The summed E-state index contributed by atoms with van der Waals surface area (Å²) in [6.45, 7) is 2.14. The van der Waals surface area contributed by atoms with Crippen molar-refractivity contribution in [3.63, 3.8) is 0 Å². The molecular weight excluding hydrogens is 332 g/mol. The number of aromatic nitrogens is 1. The number of hydrogen-bond donors (Lipinski definition) is 0. The van der Waals surface area contributed by atoms with Crippen LogP contribution in [0.15, 0.2) is 23.6 Å². The summed E-state index contributed by atoms with van der Waals surface area (Å²) in [5.74, 6) is 0.264. The van der Waals surface area contributed by atoms with Crippen LogP contribution in [0.5, 0.6) is 5.75 Å². The molecule has 0 radical (unpaired) electrons. The lowest BCUT2D eigenvalue weighted by Crippen LogP contribution is -2.00. The molecule has 5 nitrogen and oxygen atoms in total. The number of alkyl halides is 1. The zero-order valence-electron chi connectivity index (χ0n) is 10.1. The number of ether oxygens (including phenoxy) is 1. The molecule has 1 aromatic carbocycles. The van der Waals surface area contributed by atoms with E-state index in [2.05, 4.69) is 20.9 Å². The van der Waals surface area contributed by atoms with E-state index in [0.717, 1.165) is 16.3 Å². The molecule has 2 aromatic rings. The van der Waals surface area contributed by atoms with Gasteiger partial charge >= 0.3 is 5.69 Å². The van der Waals surface area contributed by atoms with Gasteiger partial charge in [0.1, 0.15) is 6.61 Å². The highest BCUT2D eigenvalue weighted by Crippen LogP contribution is 2.29. The number of rotatable bonds is 5. The molecule has 0 unspecified atom stereocenters. The Bertz CT molecular complexity index is 600. The van der Waals surface area contributed by atoms with Gasteiger partial charge in [0.2, 0.25) is 0 Å². The molecule has 0 bridgehead atoms. The summed E-state index contributed by atoms with van der Waals surface area (Å²) in [6.07, 6.45) is 0. The average molecular weight is 343 g/mol. The lowest BCUT2D eigenvalue weighted by Gasteiger charge is -2.06. The lowest BCUT2D eigenvalue weighted by atomic mass is 10.2. The van der Waals surface area contributed by atoms with Crippen LogP contribution in [-0.4, -0.2) is 9.91 Å². The number of halogens is 1. The topological polar surface area (TPSA) is 65.3 Å². The van der Waals surface area contributed by atoms with Crippen molar-refractivity contribution in [1.29, 1.82) is 0 Å². The number of nitro benzene ring substituents is 1. The maximum atomic E-state index is 11.0. The Labute approximate surface area is 122 Å². The van der Waals surface area contributed by atoms with Gasteiger partial charge in [-0.25, -0.2) is 4.98 Å². The molecule has 1 heterocycles. The first-order chi connectivity index (χ1) is 9.10. The number of nitro groups is 1. The summed E-state index contributed by atoms with van der Waals surface area (Å²) in [7, 11) is 0. The van der Waals surface area contributed by atoms with Gasteiger partial charge in [-0.3, -0.25) is 10.1 Å². The van der Waals surface area contributed by atoms with Crippen LogP contribution in [-0.2, 0) is 11.9 Å². The first kappa shape index (κ1) is 14.0. The van der Waals surface area contributed by atoms with Crippen LogP contribution in [0.2, 0.25) is 0 Å². The Morgan fingerprint density at radius 3 is 2.89 bits per heavy atom. The standard InChI is InChI=1S/C12H11BrN2O3S/c1-8-14-10(7-19-8)6-18-12-3-2-9(5-13)4-11(12)15(16)17/h2-4,7H,5-6H2,1H3. The first-order valence-corrected chi connectivity index (χ1v) is 7.47. The minimum Gasteiger partial charge on any atom is -0.480 e. The molecule has 0 saturated carbocycles. The molecule has 7 heteroatoms. The molecule has 100 valence electrons. The van der Waals surface area contributed by atoms with E-state index in [1.165, 1.54) is 17.4 Å². The van der Waals surface area contributed by atoms with E-state index in [0.29, 0.717) is 5.33 Å². The fourth-order valence-corrected chi connectivity index (χ4v) is 2.48. The summed E-state index contributed by atoms with van der Waals surface area (Å²) >= 11 is 4.80. The third kappa shape index (κ3) is 3.51. The third-order valence-electron chi connectivity index (χ3n) is 2.42. The van der Waals surface area contributed by atoms with Crippen LogP contribution < -0.4 is 4.74 Å². The van der Waals surface area contributed by atoms with Crippen molar-refractivity contribution in [3.8, 4) is 5.75 Å². The second-order valence-corrected chi connectivity index (χ2v) is 5.46. The molecule has 0 aliphatic carbocycles. The smallest absolute Gasteiger partial charge is 0.311 e. The summed E-state index contributed by atoms with van der Waals surface area (Å²) in [4.78, 5) is 14.8. The van der Waals surface area contributed by atoms with Crippen LogP contribution in [0, 0.1) is 17.0 Å². The molecule has 0 atom stereocenters. The van der Waals surface area contributed by atoms with Gasteiger partial charge in [0.15, 0.2) is 5.75 Å². The SMILES string of the molecule is Cc1nc(COc2ccc(CBr)cc2[N+](=O)[O-])cs1. The van der Waals surface area contributed by atoms with Crippen molar-refractivity contribution in [2.75, 3.05) is 0 Å². The molecule has 0 aliphatic rings. The summed E-state index contributed by atoms with van der Waals surface area (Å²) in [5.41, 5.74) is 1.59. The highest BCUT2D eigenvalue weighted by molar-refractivity contribution is 9.08. The van der Waals surface area contributed by atoms with Gasteiger partial charge in [0, 0.05) is 16.8 Å². The van der Waals surface area contributed by atoms with E-state index in [4.69, 9.17) is 4.74 Å². The van der Waals surface area contributed by atoms with Crippen molar-refractivity contribution < 1.29 is 9.66 Å². The second kappa shape index (κ2) is 6.12. The molecule has 0 saturated heterocycles. The maximum Gasteiger partial charge on any atom is 0.311 e.